The average molecular weight is 437 g/mol. The maximum atomic E-state index is 13.4. The first kappa shape index (κ1) is 21.6. The molecule has 156 valence electrons. The third-order valence-corrected chi connectivity index (χ3v) is 4.67. The molecule has 5 nitrogen and oxygen atoms in total. The first-order valence-electron chi connectivity index (χ1n) is 8.62. The van der Waals surface area contributed by atoms with Gasteiger partial charge in [0.25, 0.3) is 5.56 Å². The van der Waals surface area contributed by atoms with Crippen molar-refractivity contribution in [2.75, 3.05) is 0 Å². The molecule has 0 radical (unpaired) electrons. The van der Waals surface area contributed by atoms with Gasteiger partial charge in [0.15, 0.2) is 5.71 Å². The van der Waals surface area contributed by atoms with Gasteiger partial charge in [0.2, 0.25) is 0 Å². The highest BCUT2D eigenvalue weighted by Gasteiger charge is 2.39. The molecule has 2 N–H and O–H groups in total. The summed E-state index contributed by atoms with van der Waals surface area (Å²) in [5, 5.41) is 16.9. The Hall–Kier alpha value is -3.14. The largest absolute Gasteiger partial charge is 0.507 e. The Labute approximate surface area is 173 Å². The van der Waals surface area contributed by atoms with Gasteiger partial charge in [-0.3, -0.25) is 14.8 Å². The molecule has 0 aliphatic rings. The van der Waals surface area contributed by atoms with Crippen LogP contribution < -0.4 is 5.56 Å². The van der Waals surface area contributed by atoms with E-state index in [2.05, 4.69) is 17.6 Å². The van der Waals surface area contributed by atoms with Crippen molar-refractivity contribution in [3.05, 3.63) is 75.8 Å². The van der Waals surface area contributed by atoms with Crippen LogP contribution in [0.25, 0.3) is 11.4 Å². The monoisotopic (exact) mass is 437 g/mol. The van der Waals surface area contributed by atoms with Gasteiger partial charge in [-0.1, -0.05) is 24.3 Å². The van der Waals surface area contributed by atoms with Crippen LogP contribution in [0.3, 0.4) is 0 Å². The first-order valence-corrected chi connectivity index (χ1v) is 9.07. The van der Waals surface area contributed by atoms with Gasteiger partial charge in [0.05, 0.1) is 5.56 Å². The summed E-state index contributed by atoms with van der Waals surface area (Å²) in [5.74, 6) is -0.849. The molecule has 1 aromatic heterocycles. The summed E-state index contributed by atoms with van der Waals surface area (Å²) in [6.45, 7) is -0.162. The number of nitrogens with one attached hydrogen (secondary N) is 1. The molecule has 0 saturated carbocycles. The predicted molar refractivity (Wildman–Crippen MR) is 106 cm³/mol. The summed E-state index contributed by atoms with van der Waals surface area (Å²) in [4.78, 5) is 16.9. The molecule has 30 heavy (non-hydrogen) atoms. The SMILES string of the molecule is N=C(c1c(S)nc(-c2ccccc2O)n(CCc2cccc(F)c2)c1=O)C(F)(F)F. The zero-order valence-corrected chi connectivity index (χ0v) is 16.1. The lowest BCUT2D eigenvalue weighted by molar-refractivity contribution is -0.0590. The van der Waals surface area contributed by atoms with Crippen LogP contribution in [0.1, 0.15) is 11.1 Å². The predicted octanol–water partition coefficient (Wildman–Crippen LogP) is 4.22. The molecule has 0 spiro atoms. The van der Waals surface area contributed by atoms with Crippen LogP contribution in [0.15, 0.2) is 58.4 Å². The van der Waals surface area contributed by atoms with E-state index < -0.39 is 33.9 Å². The number of nitrogens with zero attached hydrogens (tertiary/aromatic N) is 2. The number of benzene rings is 2. The number of phenolic OH excluding ortho intramolecular Hbond substituents is 1. The van der Waals surface area contributed by atoms with Gasteiger partial charge >= 0.3 is 6.18 Å². The molecule has 0 aliphatic heterocycles. The molecule has 0 aliphatic carbocycles. The second-order valence-electron chi connectivity index (χ2n) is 6.36. The van der Waals surface area contributed by atoms with Gasteiger partial charge in [-0.15, -0.1) is 12.6 Å². The highest BCUT2D eigenvalue weighted by atomic mass is 32.1. The number of thiol groups is 1. The normalized spacial score (nSPS) is 11.5. The molecule has 3 rings (SSSR count). The smallest absolute Gasteiger partial charge is 0.433 e. The Morgan fingerprint density at radius 1 is 1.17 bits per heavy atom. The zero-order chi connectivity index (χ0) is 22.1. The summed E-state index contributed by atoms with van der Waals surface area (Å²) in [7, 11) is 0. The Morgan fingerprint density at radius 3 is 2.50 bits per heavy atom. The number of halogens is 4. The van der Waals surface area contributed by atoms with E-state index in [4.69, 9.17) is 5.41 Å². The van der Waals surface area contributed by atoms with E-state index in [1.54, 1.807) is 12.1 Å². The molecule has 0 atom stereocenters. The molecular weight excluding hydrogens is 422 g/mol. The van der Waals surface area contributed by atoms with Crippen LogP contribution >= 0.6 is 12.6 Å². The average Bonchev–Trinajstić information content (AvgIpc) is 2.66. The number of para-hydroxylation sites is 1. The summed E-state index contributed by atoms with van der Waals surface area (Å²) < 4.78 is 53.7. The first-order chi connectivity index (χ1) is 14.1. The summed E-state index contributed by atoms with van der Waals surface area (Å²) in [6.07, 6.45) is -4.97. The summed E-state index contributed by atoms with van der Waals surface area (Å²) >= 11 is 3.90. The lowest BCUT2D eigenvalue weighted by Gasteiger charge is -2.17. The number of aromatic nitrogens is 2. The fraction of sp³-hybridized carbons (Fsp3) is 0.150. The minimum atomic E-state index is -5.07. The number of phenols is 1. The van der Waals surface area contributed by atoms with Crippen LogP contribution in [0.4, 0.5) is 17.6 Å². The van der Waals surface area contributed by atoms with Crippen LogP contribution in [0.5, 0.6) is 5.75 Å². The van der Waals surface area contributed by atoms with Gasteiger partial charge in [-0.25, -0.2) is 9.37 Å². The Kier molecular flexibility index (Phi) is 5.97. The fourth-order valence-electron chi connectivity index (χ4n) is 2.91. The lowest BCUT2D eigenvalue weighted by Crippen LogP contribution is -2.35. The van der Waals surface area contributed by atoms with E-state index in [9.17, 15) is 27.5 Å². The van der Waals surface area contributed by atoms with E-state index >= 15 is 0 Å². The maximum absolute atomic E-state index is 13.4. The number of aromatic hydroxyl groups is 1. The van der Waals surface area contributed by atoms with Crippen LogP contribution in [-0.4, -0.2) is 26.5 Å². The van der Waals surface area contributed by atoms with Gasteiger partial charge in [0, 0.05) is 6.54 Å². The van der Waals surface area contributed by atoms with Crippen LogP contribution in [0, 0.1) is 11.2 Å². The number of hydrogen-bond acceptors (Lipinski definition) is 5. The molecular formula is C20H15F4N3O2S. The number of hydrogen-bond donors (Lipinski definition) is 3. The minimum Gasteiger partial charge on any atom is -0.507 e. The maximum Gasteiger partial charge on any atom is 0.433 e. The lowest BCUT2D eigenvalue weighted by atomic mass is 10.1. The van der Waals surface area contributed by atoms with E-state index in [0.717, 1.165) is 4.57 Å². The Bertz CT molecular complexity index is 1180. The molecule has 2 aromatic carbocycles. The minimum absolute atomic E-state index is 0.102. The van der Waals surface area contributed by atoms with Gasteiger partial charge < -0.3 is 5.11 Å². The van der Waals surface area contributed by atoms with E-state index in [1.807, 2.05) is 0 Å². The highest BCUT2D eigenvalue weighted by Crippen LogP contribution is 2.29. The quantitative estimate of drug-likeness (QED) is 0.242. The van der Waals surface area contributed by atoms with Crippen LogP contribution in [0.2, 0.25) is 0 Å². The molecule has 1 heterocycles. The second-order valence-corrected chi connectivity index (χ2v) is 6.78. The molecule has 3 aromatic rings. The third kappa shape index (κ3) is 4.38. The summed E-state index contributed by atoms with van der Waals surface area (Å²) in [6, 6.07) is 11.4. The molecule has 10 heteroatoms. The van der Waals surface area contributed by atoms with Crippen molar-refractivity contribution in [1.29, 1.82) is 5.41 Å². The van der Waals surface area contributed by atoms with Crippen molar-refractivity contribution >= 4 is 18.3 Å². The van der Waals surface area contributed by atoms with E-state index in [1.165, 1.54) is 36.4 Å². The van der Waals surface area contributed by atoms with Gasteiger partial charge in [-0.2, -0.15) is 13.2 Å². The number of alkyl halides is 3. The molecule has 0 saturated heterocycles. The van der Waals surface area contributed by atoms with Crippen molar-refractivity contribution in [2.45, 2.75) is 24.2 Å². The van der Waals surface area contributed by atoms with E-state index in [-0.39, 0.29) is 30.1 Å². The second kappa shape index (κ2) is 8.31. The molecule has 0 unspecified atom stereocenters. The molecule has 0 amide bonds. The third-order valence-electron chi connectivity index (χ3n) is 4.34. The summed E-state index contributed by atoms with van der Waals surface area (Å²) in [5.41, 5.74) is -3.38. The Balaban J connectivity index is 2.18. The molecule has 0 fully saturated rings. The van der Waals surface area contributed by atoms with Crippen molar-refractivity contribution in [2.24, 2.45) is 0 Å². The number of rotatable bonds is 5. The van der Waals surface area contributed by atoms with Crippen molar-refractivity contribution in [3.8, 4) is 17.1 Å². The molecule has 0 bridgehead atoms. The fourth-order valence-corrected chi connectivity index (χ4v) is 3.22. The van der Waals surface area contributed by atoms with Crippen molar-refractivity contribution in [1.82, 2.24) is 9.55 Å². The topological polar surface area (TPSA) is 79.0 Å². The number of aryl methyl sites for hydroxylation is 1. The van der Waals surface area contributed by atoms with Gasteiger partial charge in [0.1, 0.15) is 28.0 Å². The van der Waals surface area contributed by atoms with Gasteiger partial charge in [-0.05, 0) is 36.2 Å². The van der Waals surface area contributed by atoms with Crippen molar-refractivity contribution < 1.29 is 22.7 Å². The van der Waals surface area contributed by atoms with E-state index in [0.29, 0.717) is 5.56 Å². The van der Waals surface area contributed by atoms with Crippen LogP contribution in [-0.2, 0) is 13.0 Å². The standard InChI is InChI=1S/C20H15F4N3O2S/c21-12-5-3-4-11(10-12)8-9-27-17(13-6-1-2-7-14(13)28)26-18(30)15(19(27)29)16(25)20(22,23)24/h1-7,10,25,28,30H,8-9H2. The zero-order valence-electron chi connectivity index (χ0n) is 15.2. The van der Waals surface area contributed by atoms with Crippen molar-refractivity contribution in [3.63, 3.8) is 0 Å². The highest BCUT2D eigenvalue weighted by molar-refractivity contribution is 7.80. The Morgan fingerprint density at radius 2 is 1.87 bits per heavy atom.